The Morgan fingerprint density at radius 3 is 2.63 bits per heavy atom. The van der Waals surface area contributed by atoms with Crippen LogP contribution < -0.4 is 5.32 Å². The Morgan fingerprint density at radius 1 is 1.37 bits per heavy atom. The summed E-state index contributed by atoms with van der Waals surface area (Å²) < 4.78 is 0.793. The average molecular weight is 344 g/mol. The lowest BCUT2D eigenvalue weighted by Gasteiger charge is -2.29. The van der Waals surface area contributed by atoms with Crippen molar-refractivity contribution in [3.63, 3.8) is 0 Å². The normalized spacial score (nSPS) is 23.1. The van der Waals surface area contributed by atoms with E-state index in [0.717, 1.165) is 28.3 Å². The van der Waals surface area contributed by atoms with Gasteiger partial charge in [-0.15, -0.1) is 0 Å². The Balaban J connectivity index is 2.05. The molecule has 1 aliphatic rings. The van der Waals surface area contributed by atoms with Crippen LogP contribution in [-0.2, 0) is 0 Å². The summed E-state index contributed by atoms with van der Waals surface area (Å²) in [4.78, 5) is 11.2. The van der Waals surface area contributed by atoms with E-state index in [2.05, 4.69) is 27.5 Å². The van der Waals surface area contributed by atoms with Crippen LogP contribution in [0.1, 0.15) is 36.0 Å². The predicted octanol–water partition coefficient (Wildman–Crippen LogP) is 4.23. The summed E-state index contributed by atoms with van der Waals surface area (Å²) in [6.45, 7) is 0. The Hall–Kier alpha value is -0.680. The number of carbonyl (C=O) groups is 1. The number of thioether (sulfide) groups is 1. The minimum Gasteiger partial charge on any atom is -0.478 e. The van der Waals surface area contributed by atoms with Gasteiger partial charge in [0.25, 0.3) is 0 Å². The van der Waals surface area contributed by atoms with Gasteiger partial charge in [0, 0.05) is 21.5 Å². The second kappa shape index (κ2) is 6.66. The number of nitrogens with one attached hydrogen (secondary N) is 1. The second-order valence-electron chi connectivity index (χ2n) is 4.85. The number of anilines is 1. The van der Waals surface area contributed by atoms with E-state index in [4.69, 9.17) is 0 Å². The summed E-state index contributed by atoms with van der Waals surface area (Å²) in [6, 6.07) is 5.76. The van der Waals surface area contributed by atoms with Crippen LogP contribution in [0.3, 0.4) is 0 Å². The maximum absolute atomic E-state index is 11.2. The third-order valence-corrected chi connectivity index (χ3v) is 5.21. The van der Waals surface area contributed by atoms with Crippen LogP contribution in [0.5, 0.6) is 0 Å². The topological polar surface area (TPSA) is 49.3 Å². The Labute approximate surface area is 126 Å². The highest BCUT2D eigenvalue weighted by molar-refractivity contribution is 9.10. The van der Waals surface area contributed by atoms with Crippen LogP contribution in [0.15, 0.2) is 22.7 Å². The lowest BCUT2D eigenvalue weighted by atomic mass is 9.94. The van der Waals surface area contributed by atoms with Crippen molar-refractivity contribution >= 4 is 39.3 Å². The molecule has 0 amide bonds. The summed E-state index contributed by atoms with van der Waals surface area (Å²) >= 11 is 5.25. The van der Waals surface area contributed by atoms with Gasteiger partial charge in [0.15, 0.2) is 0 Å². The first-order valence-corrected chi connectivity index (χ1v) is 8.50. The SMILES string of the molecule is CSC1CCC(Nc2ccc(Br)cc2C(=O)O)CC1. The van der Waals surface area contributed by atoms with Gasteiger partial charge in [0.2, 0.25) is 0 Å². The van der Waals surface area contributed by atoms with Gasteiger partial charge in [0.1, 0.15) is 0 Å². The van der Waals surface area contributed by atoms with Crippen molar-refractivity contribution in [2.45, 2.75) is 37.0 Å². The van der Waals surface area contributed by atoms with Crippen molar-refractivity contribution in [2.24, 2.45) is 0 Å². The molecule has 0 radical (unpaired) electrons. The fraction of sp³-hybridized carbons (Fsp3) is 0.500. The highest BCUT2D eigenvalue weighted by Gasteiger charge is 2.21. The highest BCUT2D eigenvalue weighted by Crippen LogP contribution is 2.30. The van der Waals surface area contributed by atoms with Crippen LogP contribution in [0.4, 0.5) is 5.69 Å². The molecule has 1 saturated carbocycles. The van der Waals surface area contributed by atoms with Crippen LogP contribution in [0.25, 0.3) is 0 Å². The van der Waals surface area contributed by atoms with Gasteiger partial charge in [-0.3, -0.25) is 0 Å². The molecule has 1 fully saturated rings. The smallest absolute Gasteiger partial charge is 0.337 e. The first-order chi connectivity index (χ1) is 9.10. The van der Waals surface area contributed by atoms with E-state index in [0.29, 0.717) is 11.6 Å². The van der Waals surface area contributed by atoms with E-state index in [1.807, 2.05) is 23.9 Å². The zero-order chi connectivity index (χ0) is 13.8. The molecule has 19 heavy (non-hydrogen) atoms. The van der Waals surface area contributed by atoms with Crippen LogP contribution in [0, 0.1) is 0 Å². The maximum Gasteiger partial charge on any atom is 0.337 e. The molecule has 0 unspecified atom stereocenters. The number of rotatable bonds is 4. The van der Waals surface area contributed by atoms with Crippen LogP contribution in [0.2, 0.25) is 0 Å². The molecule has 3 nitrogen and oxygen atoms in total. The molecule has 1 aromatic carbocycles. The predicted molar refractivity (Wildman–Crippen MR) is 84.3 cm³/mol. The van der Waals surface area contributed by atoms with Crippen molar-refractivity contribution in [1.82, 2.24) is 0 Å². The minimum atomic E-state index is -0.887. The molecule has 1 aromatic rings. The van der Waals surface area contributed by atoms with E-state index in [-0.39, 0.29) is 0 Å². The Kier molecular flexibility index (Phi) is 5.16. The quantitative estimate of drug-likeness (QED) is 0.858. The van der Waals surface area contributed by atoms with Crippen molar-refractivity contribution in [2.75, 3.05) is 11.6 Å². The second-order valence-corrected chi connectivity index (χ2v) is 6.90. The van der Waals surface area contributed by atoms with Crippen molar-refractivity contribution in [1.29, 1.82) is 0 Å². The third-order valence-electron chi connectivity index (χ3n) is 3.58. The van der Waals surface area contributed by atoms with E-state index in [1.165, 1.54) is 12.8 Å². The summed E-state index contributed by atoms with van der Waals surface area (Å²) in [5.74, 6) is -0.887. The van der Waals surface area contributed by atoms with E-state index in [9.17, 15) is 9.90 Å². The van der Waals surface area contributed by atoms with Gasteiger partial charge in [0.05, 0.1) is 5.56 Å². The highest BCUT2D eigenvalue weighted by atomic mass is 79.9. The molecule has 0 spiro atoms. The number of carboxylic acids is 1. The average Bonchev–Trinajstić information content (AvgIpc) is 2.41. The summed E-state index contributed by atoms with van der Waals surface area (Å²) in [5.41, 5.74) is 1.06. The van der Waals surface area contributed by atoms with Gasteiger partial charge < -0.3 is 10.4 Å². The molecule has 0 aliphatic heterocycles. The van der Waals surface area contributed by atoms with Crippen molar-refractivity contribution in [3.05, 3.63) is 28.2 Å². The number of carboxylic acid groups (broad SMARTS) is 1. The minimum absolute atomic E-state index is 0.335. The summed E-state index contributed by atoms with van der Waals surface area (Å²) in [5, 5.41) is 13.4. The summed E-state index contributed by atoms with van der Waals surface area (Å²) in [7, 11) is 0. The van der Waals surface area contributed by atoms with E-state index >= 15 is 0 Å². The molecule has 0 aromatic heterocycles. The molecule has 0 bridgehead atoms. The van der Waals surface area contributed by atoms with Crippen LogP contribution >= 0.6 is 27.7 Å². The number of halogens is 1. The van der Waals surface area contributed by atoms with Gasteiger partial charge in [-0.2, -0.15) is 11.8 Å². The lowest BCUT2D eigenvalue weighted by molar-refractivity contribution is 0.0698. The van der Waals surface area contributed by atoms with Gasteiger partial charge in [-0.25, -0.2) is 4.79 Å². The zero-order valence-electron chi connectivity index (χ0n) is 10.9. The lowest BCUT2D eigenvalue weighted by Crippen LogP contribution is -2.27. The van der Waals surface area contributed by atoms with Crippen molar-refractivity contribution < 1.29 is 9.90 Å². The molecule has 2 rings (SSSR count). The van der Waals surface area contributed by atoms with Gasteiger partial charge in [-0.05, 0) is 50.1 Å². The van der Waals surface area contributed by atoms with Crippen molar-refractivity contribution in [3.8, 4) is 0 Å². The first kappa shape index (κ1) is 14.7. The largest absolute Gasteiger partial charge is 0.478 e. The number of hydrogen-bond acceptors (Lipinski definition) is 3. The number of benzene rings is 1. The zero-order valence-corrected chi connectivity index (χ0v) is 13.3. The molecule has 5 heteroatoms. The molecule has 2 N–H and O–H groups in total. The number of hydrogen-bond donors (Lipinski definition) is 2. The molecule has 0 saturated heterocycles. The standard InChI is InChI=1S/C14H18BrNO2S/c1-19-11-5-3-10(4-6-11)16-13-7-2-9(15)8-12(13)14(17)18/h2,7-8,10-11,16H,3-6H2,1H3,(H,17,18). The molecule has 1 aliphatic carbocycles. The van der Waals surface area contributed by atoms with E-state index in [1.54, 1.807) is 6.07 Å². The monoisotopic (exact) mass is 343 g/mol. The number of aromatic carboxylic acids is 1. The molecule has 104 valence electrons. The fourth-order valence-electron chi connectivity index (χ4n) is 2.48. The fourth-order valence-corrected chi connectivity index (χ4v) is 3.59. The first-order valence-electron chi connectivity index (χ1n) is 6.42. The van der Waals surface area contributed by atoms with E-state index < -0.39 is 5.97 Å². The maximum atomic E-state index is 11.2. The summed E-state index contributed by atoms with van der Waals surface area (Å²) in [6.07, 6.45) is 6.80. The Morgan fingerprint density at radius 2 is 2.05 bits per heavy atom. The molecule has 0 atom stereocenters. The van der Waals surface area contributed by atoms with Crippen LogP contribution in [-0.4, -0.2) is 28.6 Å². The Bertz CT molecular complexity index is 459. The molecular formula is C14H18BrNO2S. The third kappa shape index (κ3) is 3.89. The molecular weight excluding hydrogens is 326 g/mol. The van der Waals surface area contributed by atoms with Gasteiger partial charge in [-0.1, -0.05) is 15.9 Å². The van der Waals surface area contributed by atoms with Gasteiger partial charge >= 0.3 is 5.97 Å². The molecule has 0 heterocycles.